The predicted molar refractivity (Wildman–Crippen MR) is 101 cm³/mol. The predicted octanol–water partition coefficient (Wildman–Crippen LogP) is 4.31. The maximum Gasteiger partial charge on any atom is 0.261 e. The minimum atomic E-state index is -0.518. The number of benzene rings is 2. The summed E-state index contributed by atoms with van der Waals surface area (Å²) in [5.74, 6) is 1.33. The molecule has 0 bridgehead atoms. The SMILES string of the molecule is CC[C@H](Oc1cc(C)ccc1C)C(=O)NCCOc1ccc(Cl)cc1. The number of aryl methyl sites for hydroxylation is 2. The van der Waals surface area contributed by atoms with Crippen LogP contribution in [0.1, 0.15) is 24.5 Å². The van der Waals surface area contributed by atoms with E-state index in [1.165, 1.54) is 0 Å². The van der Waals surface area contributed by atoms with Crippen molar-refractivity contribution in [3.8, 4) is 11.5 Å². The Bertz CT molecular complexity index is 701. The maximum absolute atomic E-state index is 12.3. The number of nitrogens with one attached hydrogen (secondary N) is 1. The summed E-state index contributed by atoms with van der Waals surface area (Å²) in [5.41, 5.74) is 2.12. The summed E-state index contributed by atoms with van der Waals surface area (Å²) < 4.78 is 11.5. The number of ether oxygens (including phenoxy) is 2. The van der Waals surface area contributed by atoms with Crippen LogP contribution >= 0.6 is 11.6 Å². The molecular weight excluding hydrogens is 338 g/mol. The summed E-state index contributed by atoms with van der Waals surface area (Å²) in [6, 6.07) is 13.1. The number of hydrogen-bond acceptors (Lipinski definition) is 3. The fourth-order valence-electron chi connectivity index (χ4n) is 2.30. The average Bonchev–Trinajstić information content (AvgIpc) is 2.60. The molecule has 0 aromatic heterocycles. The van der Waals surface area contributed by atoms with Crippen LogP contribution in [0.3, 0.4) is 0 Å². The Kier molecular flexibility index (Phi) is 7.14. The highest BCUT2D eigenvalue weighted by molar-refractivity contribution is 6.30. The molecule has 0 spiro atoms. The van der Waals surface area contributed by atoms with Crippen LogP contribution in [0.5, 0.6) is 11.5 Å². The third-order valence-corrected chi connectivity index (χ3v) is 4.01. The summed E-state index contributed by atoms with van der Waals surface area (Å²) in [5, 5.41) is 3.52. The zero-order valence-corrected chi connectivity index (χ0v) is 15.6. The molecule has 0 unspecified atom stereocenters. The third kappa shape index (κ3) is 5.98. The van der Waals surface area contributed by atoms with Crippen LogP contribution in [0, 0.1) is 13.8 Å². The Labute approximate surface area is 154 Å². The van der Waals surface area contributed by atoms with Crippen LogP contribution in [-0.4, -0.2) is 25.2 Å². The zero-order chi connectivity index (χ0) is 18.2. The summed E-state index contributed by atoms with van der Waals surface area (Å²) in [6.07, 6.45) is 0.0769. The van der Waals surface area contributed by atoms with Crippen molar-refractivity contribution in [2.24, 2.45) is 0 Å². The van der Waals surface area contributed by atoms with Gasteiger partial charge in [-0.05, 0) is 61.7 Å². The quantitative estimate of drug-likeness (QED) is 0.713. The summed E-state index contributed by atoms with van der Waals surface area (Å²) in [6.45, 7) is 6.70. The van der Waals surface area contributed by atoms with Crippen molar-refractivity contribution in [1.29, 1.82) is 0 Å². The second-order valence-electron chi connectivity index (χ2n) is 5.88. The van der Waals surface area contributed by atoms with Gasteiger partial charge in [-0.2, -0.15) is 0 Å². The van der Waals surface area contributed by atoms with Crippen LogP contribution in [0.4, 0.5) is 0 Å². The molecular formula is C20H24ClNO3. The van der Waals surface area contributed by atoms with Gasteiger partial charge in [0.25, 0.3) is 5.91 Å². The molecule has 0 radical (unpaired) electrons. The monoisotopic (exact) mass is 361 g/mol. The Morgan fingerprint density at radius 3 is 2.56 bits per heavy atom. The molecule has 0 fully saturated rings. The topological polar surface area (TPSA) is 47.6 Å². The van der Waals surface area contributed by atoms with Crippen molar-refractivity contribution < 1.29 is 14.3 Å². The van der Waals surface area contributed by atoms with E-state index in [0.29, 0.717) is 24.6 Å². The summed E-state index contributed by atoms with van der Waals surface area (Å²) in [4.78, 5) is 12.3. The van der Waals surface area contributed by atoms with Crippen LogP contribution in [0.2, 0.25) is 5.02 Å². The van der Waals surface area contributed by atoms with E-state index in [1.54, 1.807) is 24.3 Å². The van der Waals surface area contributed by atoms with E-state index in [4.69, 9.17) is 21.1 Å². The molecule has 134 valence electrons. The second kappa shape index (κ2) is 9.33. The van der Waals surface area contributed by atoms with Gasteiger partial charge in [0, 0.05) is 5.02 Å². The number of hydrogen-bond donors (Lipinski definition) is 1. The lowest BCUT2D eigenvalue weighted by molar-refractivity contribution is -0.128. The highest BCUT2D eigenvalue weighted by atomic mass is 35.5. The first kappa shape index (κ1) is 19.1. The van der Waals surface area contributed by atoms with E-state index in [9.17, 15) is 4.79 Å². The number of halogens is 1. The lowest BCUT2D eigenvalue weighted by atomic mass is 10.1. The van der Waals surface area contributed by atoms with E-state index in [2.05, 4.69) is 5.32 Å². The van der Waals surface area contributed by atoms with Gasteiger partial charge in [0.2, 0.25) is 0 Å². The smallest absolute Gasteiger partial charge is 0.261 e. The number of carbonyl (C=O) groups is 1. The average molecular weight is 362 g/mol. The zero-order valence-electron chi connectivity index (χ0n) is 14.8. The van der Waals surface area contributed by atoms with Gasteiger partial charge in [0.1, 0.15) is 18.1 Å². The van der Waals surface area contributed by atoms with Gasteiger partial charge in [0.05, 0.1) is 6.54 Å². The van der Waals surface area contributed by atoms with Crippen LogP contribution < -0.4 is 14.8 Å². The summed E-state index contributed by atoms with van der Waals surface area (Å²) >= 11 is 5.83. The standard InChI is InChI=1S/C20H24ClNO3/c1-4-18(25-19-13-14(2)5-6-15(19)3)20(23)22-11-12-24-17-9-7-16(21)8-10-17/h5-10,13,18H,4,11-12H2,1-3H3,(H,22,23)/t18-/m0/s1. The first-order valence-electron chi connectivity index (χ1n) is 8.39. The Morgan fingerprint density at radius 2 is 1.88 bits per heavy atom. The van der Waals surface area contributed by atoms with Crippen molar-refractivity contribution in [2.75, 3.05) is 13.2 Å². The van der Waals surface area contributed by atoms with Crippen molar-refractivity contribution in [3.63, 3.8) is 0 Å². The maximum atomic E-state index is 12.3. The number of carbonyl (C=O) groups excluding carboxylic acids is 1. The Balaban J connectivity index is 1.81. The number of amides is 1. The van der Waals surface area contributed by atoms with Gasteiger partial charge >= 0.3 is 0 Å². The fraction of sp³-hybridized carbons (Fsp3) is 0.350. The van der Waals surface area contributed by atoms with Gasteiger partial charge in [-0.25, -0.2) is 0 Å². The molecule has 5 heteroatoms. The molecule has 2 rings (SSSR count). The molecule has 0 aliphatic rings. The number of rotatable bonds is 8. The van der Waals surface area contributed by atoms with Gasteiger partial charge in [0.15, 0.2) is 6.10 Å². The highest BCUT2D eigenvalue weighted by Gasteiger charge is 2.18. The molecule has 25 heavy (non-hydrogen) atoms. The lowest BCUT2D eigenvalue weighted by Crippen LogP contribution is -2.39. The molecule has 2 aromatic rings. The second-order valence-corrected chi connectivity index (χ2v) is 6.31. The summed E-state index contributed by atoms with van der Waals surface area (Å²) in [7, 11) is 0. The van der Waals surface area contributed by atoms with Crippen molar-refractivity contribution in [1.82, 2.24) is 5.32 Å². The molecule has 1 atom stereocenters. The van der Waals surface area contributed by atoms with Crippen molar-refractivity contribution in [2.45, 2.75) is 33.3 Å². The minimum absolute atomic E-state index is 0.136. The van der Waals surface area contributed by atoms with Crippen molar-refractivity contribution in [3.05, 3.63) is 58.6 Å². The van der Waals surface area contributed by atoms with Crippen LogP contribution in [0.15, 0.2) is 42.5 Å². The lowest BCUT2D eigenvalue weighted by Gasteiger charge is -2.19. The molecule has 0 saturated heterocycles. The van der Waals surface area contributed by atoms with Crippen molar-refractivity contribution >= 4 is 17.5 Å². The van der Waals surface area contributed by atoms with Gasteiger partial charge in [-0.1, -0.05) is 30.7 Å². The highest BCUT2D eigenvalue weighted by Crippen LogP contribution is 2.21. The molecule has 1 N–H and O–H groups in total. The van der Waals surface area contributed by atoms with Gasteiger partial charge in [-0.15, -0.1) is 0 Å². The first-order chi connectivity index (χ1) is 12.0. The van der Waals surface area contributed by atoms with Gasteiger partial charge in [-0.3, -0.25) is 4.79 Å². The van der Waals surface area contributed by atoms with E-state index < -0.39 is 6.10 Å². The fourth-order valence-corrected chi connectivity index (χ4v) is 2.42. The Hall–Kier alpha value is -2.20. The largest absolute Gasteiger partial charge is 0.492 e. The molecule has 0 heterocycles. The van der Waals surface area contributed by atoms with Gasteiger partial charge < -0.3 is 14.8 Å². The first-order valence-corrected chi connectivity index (χ1v) is 8.77. The third-order valence-electron chi connectivity index (χ3n) is 3.76. The molecule has 0 aliphatic carbocycles. The normalized spacial score (nSPS) is 11.7. The van der Waals surface area contributed by atoms with Crippen LogP contribution in [0.25, 0.3) is 0 Å². The molecule has 4 nitrogen and oxygen atoms in total. The van der Waals surface area contributed by atoms with E-state index >= 15 is 0 Å². The molecule has 0 saturated carbocycles. The minimum Gasteiger partial charge on any atom is -0.492 e. The van der Waals surface area contributed by atoms with E-state index in [0.717, 1.165) is 22.6 Å². The van der Waals surface area contributed by atoms with E-state index in [-0.39, 0.29) is 5.91 Å². The van der Waals surface area contributed by atoms with Crippen LogP contribution in [-0.2, 0) is 4.79 Å². The molecule has 1 amide bonds. The van der Waals surface area contributed by atoms with E-state index in [1.807, 2.05) is 39.0 Å². The Morgan fingerprint density at radius 1 is 1.16 bits per heavy atom. The molecule has 0 aliphatic heterocycles. The molecule has 2 aromatic carbocycles.